The van der Waals surface area contributed by atoms with Gasteiger partial charge in [0.25, 0.3) is 5.91 Å². The smallest absolute Gasteiger partial charge is 0.263 e. The Morgan fingerprint density at radius 2 is 1.28 bits per heavy atom. The molecule has 0 aliphatic carbocycles. The Bertz CT molecular complexity index is 2280. The van der Waals surface area contributed by atoms with Crippen molar-refractivity contribution in [2.45, 2.75) is 25.4 Å². The molecule has 0 saturated heterocycles. The lowest BCUT2D eigenvalue weighted by molar-refractivity contribution is -0.121. The molecule has 6 aromatic carbocycles. The van der Waals surface area contributed by atoms with Gasteiger partial charge in [0.1, 0.15) is 0 Å². The molecular weight excluding hydrogens is 574 g/mol. The van der Waals surface area contributed by atoms with Gasteiger partial charge in [-0.15, -0.1) is 0 Å². The zero-order valence-corrected chi connectivity index (χ0v) is 26.3. The van der Waals surface area contributed by atoms with Gasteiger partial charge in [0.15, 0.2) is 5.54 Å². The van der Waals surface area contributed by atoms with E-state index in [1.807, 2.05) is 59.5 Å². The number of carbonyl (C=O) groups is 1. The summed E-state index contributed by atoms with van der Waals surface area (Å²) in [5.41, 5.74) is 12.7. The van der Waals surface area contributed by atoms with Crippen LogP contribution in [0.4, 0.5) is 11.4 Å². The summed E-state index contributed by atoms with van der Waals surface area (Å²) in [6.07, 6.45) is 0. The van der Waals surface area contributed by atoms with E-state index >= 15 is 4.79 Å². The summed E-state index contributed by atoms with van der Waals surface area (Å²) in [4.78, 5) is 21.5. The largest absolute Gasteiger partial charge is 0.363 e. The summed E-state index contributed by atoms with van der Waals surface area (Å²) in [6.45, 7) is 4.30. The van der Waals surface area contributed by atoms with Gasteiger partial charge in [-0.1, -0.05) is 139 Å². The van der Waals surface area contributed by atoms with Crippen molar-refractivity contribution in [2.24, 2.45) is 0 Å². The second-order valence-corrected chi connectivity index (χ2v) is 12.7. The molecule has 2 N–H and O–H groups in total. The number of carbonyl (C=O) groups excluding carboxylic acids is 1. The number of anilines is 2. The monoisotopic (exact) mass is 607 g/mol. The molecular formula is C43H33N3O. The Morgan fingerprint density at radius 3 is 2.00 bits per heavy atom. The molecule has 1 aromatic heterocycles. The highest BCUT2D eigenvalue weighted by Crippen LogP contribution is 2.57. The highest BCUT2D eigenvalue weighted by atomic mass is 16.2. The van der Waals surface area contributed by atoms with Crippen molar-refractivity contribution in [1.82, 2.24) is 4.98 Å². The molecule has 1 amide bonds. The minimum absolute atomic E-state index is 0.00791. The van der Waals surface area contributed by atoms with Crippen LogP contribution in [0.25, 0.3) is 33.3 Å². The minimum atomic E-state index is -1.13. The molecule has 1 unspecified atom stereocenters. The normalized spacial score (nSPS) is 16.3. The van der Waals surface area contributed by atoms with Gasteiger partial charge in [-0.25, -0.2) is 0 Å². The van der Waals surface area contributed by atoms with E-state index < -0.39 is 5.54 Å². The number of rotatable bonds is 4. The highest BCUT2D eigenvalue weighted by molar-refractivity contribution is 6.17. The van der Waals surface area contributed by atoms with Crippen LogP contribution in [0.2, 0.25) is 0 Å². The number of benzene rings is 6. The van der Waals surface area contributed by atoms with Gasteiger partial charge in [0, 0.05) is 39.0 Å². The molecule has 3 heterocycles. The zero-order valence-electron chi connectivity index (χ0n) is 26.3. The highest BCUT2D eigenvalue weighted by Gasteiger charge is 2.57. The zero-order chi connectivity index (χ0) is 31.7. The molecule has 1 atom stereocenters. The molecule has 0 saturated carbocycles. The van der Waals surface area contributed by atoms with Gasteiger partial charge in [-0.05, 0) is 48.2 Å². The number of hydrogen-bond acceptors (Lipinski definition) is 2. The quantitative estimate of drug-likeness (QED) is 0.209. The van der Waals surface area contributed by atoms with E-state index in [4.69, 9.17) is 0 Å². The molecule has 0 radical (unpaired) electrons. The maximum absolute atomic E-state index is 15.6. The second kappa shape index (κ2) is 10.3. The van der Waals surface area contributed by atoms with Crippen LogP contribution in [0.3, 0.4) is 0 Å². The molecule has 4 heteroatoms. The predicted molar refractivity (Wildman–Crippen MR) is 192 cm³/mol. The van der Waals surface area contributed by atoms with E-state index in [0.29, 0.717) is 0 Å². The minimum Gasteiger partial charge on any atom is -0.363 e. The number of aryl methyl sites for hydroxylation is 2. The van der Waals surface area contributed by atoms with Crippen molar-refractivity contribution in [1.29, 1.82) is 0 Å². The van der Waals surface area contributed by atoms with Crippen molar-refractivity contribution in [3.8, 4) is 22.4 Å². The average molecular weight is 608 g/mol. The molecule has 226 valence electrons. The molecule has 9 rings (SSSR count). The number of fused-ring (bicyclic) bond motifs is 8. The lowest BCUT2D eigenvalue weighted by Crippen LogP contribution is -2.49. The summed E-state index contributed by atoms with van der Waals surface area (Å²) >= 11 is 0. The van der Waals surface area contributed by atoms with Crippen LogP contribution >= 0.6 is 0 Å². The summed E-state index contributed by atoms with van der Waals surface area (Å²) in [6, 6.07) is 50.1. The van der Waals surface area contributed by atoms with Crippen LogP contribution in [0.5, 0.6) is 0 Å². The fourth-order valence-corrected chi connectivity index (χ4v) is 7.88. The topological polar surface area (TPSA) is 48.1 Å². The SMILES string of the molecule is Cc1ccc(-c2[nH]c3c4c(ccc3c2C)C2(Nc3ccccc3-4)C(=O)N(C(c3ccccc3)c3ccccc3)c3ccccc32)cc1. The Morgan fingerprint density at radius 1 is 0.638 bits per heavy atom. The summed E-state index contributed by atoms with van der Waals surface area (Å²) in [5.74, 6) is 0.00791. The maximum Gasteiger partial charge on any atom is 0.263 e. The number of nitrogens with zero attached hydrogens (tertiary/aromatic N) is 1. The summed E-state index contributed by atoms with van der Waals surface area (Å²) in [7, 11) is 0. The standard InChI is InChI=1S/C43H33N3O/c1-27-21-23-29(24-22-27)39-28(2)32-25-26-35-38(40(32)44-39)33-17-9-11-19-36(33)45-43(35)34-18-10-12-20-37(34)46(42(43)47)41(30-13-5-3-6-14-30)31-15-7-4-8-16-31/h3-26,41,44-45H,1-2H3. The van der Waals surface area contributed by atoms with Crippen molar-refractivity contribution in [2.75, 3.05) is 10.2 Å². The van der Waals surface area contributed by atoms with Gasteiger partial charge in [0.2, 0.25) is 0 Å². The van der Waals surface area contributed by atoms with Crippen LogP contribution in [-0.4, -0.2) is 10.9 Å². The van der Waals surface area contributed by atoms with Crippen LogP contribution in [0.1, 0.15) is 39.4 Å². The van der Waals surface area contributed by atoms with Gasteiger partial charge in [-0.3, -0.25) is 9.69 Å². The first-order valence-electron chi connectivity index (χ1n) is 16.2. The number of nitrogens with one attached hydrogen (secondary N) is 2. The van der Waals surface area contributed by atoms with Crippen LogP contribution in [0.15, 0.2) is 146 Å². The molecule has 0 fully saturated rings. The van der Waals surface area contributed by atoms with E-state index in [9.17, 15) is 0 Å². The number of aromatic amines is 1. The van der Waals surface area contributed by atoms with E-state index in [1.54, 1.807) is 0 Å². The summed E-state index contributed by atoms with van der Waals surface area (Å²) in [5, 5.41) is 5.00. The van der Waals surface area contributed by atoms with Crippen molar-refractivity contribution >= 4 is 28.2 Å². The molecule has 2 aliphatic heterocycles. The lowest BCUT2D eigenvalue weighted by Gasteiger charge is -2.39. The first kappa shape index (κ1) is 27.4. The third-order valence-corrected chi connectivity index (χ3v) is 10.1. The van der Waals surface area contributed by atoms with Crippen LogP contribution in [-0.2, 0) is 10.3 Å². The number of aromatic nitrogens is 1. The van der Waals surface area contributed by atoms with Gasteiger partial charge in [0.05, 0.1) is 17.2 Å². The van der Waals surface area contributed by atoms with E-state index in [-0.39, 0.29) is 11.9 Å². The number of para-hydroxylation sites is 2. The van der Waals surface area contributed by atoms with E-state index in [0.717, 1.165) is 66.9 Å². The van der Waals surface area contributed by atoms with Crippen molar-refractivity contribution in [3.05, 3.63) is 179 Å². The van der Waals surface area contributed by atoms with Crippen LogP contribution < -0.4 is 10.2 Å². The Labute approximate surface area is 274 Å². The molecule has 2 aliphatic rings. The van der Waals surface area contributed by atoms with Crippen molar-refractivity contribution in [3.63, 3.8) is 0 Å². The van der Waals surface area contributed by atoms with Crippen LogP contribution in [0, 0.1) is 13.8 Å². The number of hydrogen-bond donors (Lipinski definition) is 2. The lowest BCUT2D eigenvalue weighted by atomic mass is 9.75. The third-order valence-electron chi connectivity index (χ3n) is 10.1. The second-order valence-electron chi connectivity index (χ2n) is 12.7. The molecule has 47 heavy (non-hydrogen) atoms. The number of H-pyrrole nitrogens is 1. The van der Waals surface area contributed by atoms with Crippen molar-refractivity contribution < 1.29 is 4.79 Å². The molecule has 7 aromatic rings. The third kappa shape index (κ3) is 3.91. The fraction of sp³-hybridized carbons (Fsp3) is 0.0930. The molecule has 1 spiro atoms. The first-order chi connectivity index (χ1) is 23.1. The first-order valence-corrected chi connectivity index (χ1v) is 16.2. The van der Waals surface area contributed by atoms with Gasteiger partial charge in [-0.2, -0.15) is 0 Å². The Balaban J connectivity index is 1.32. The predicted octanol–water partition coefficient (Wildman–Crippen LogP) is 9.92. The molecule has 4 nitrogen and oxygen atoms in total. The Kier molecular flexibility index (Phi) is 6.03. The van der Waals surface area contributed by atoms with E-state index in [2.05, 4.69) is 115 Å². The van der Waals surface area contributed by atoms with E-state index in [1.165, 1.54) is 11.1 Å². The van der Waals surface area contributed by atoms with Gasteiger partial charge >= 0.3 is 0 Å². The fourth-order valence-electron chi connectivity index (χ4n) is 7.88. The average Bonchev–Trinajstić information content (AvgIpc) is 3.58. The van der Waals surface area contributed by atoms with Gasteiger partial charge < -0.3 is 10.3 Å². The molecule has 0 bridgehead atoms. The number of amides is 1. The summed E-state index contributed by atoms with van der Waals surface area (Å²) < 4.78 is 0. The Hall–Kier alpha value is -5.87. The maximum atomic E-state index is 15.6.